The lowest BCUT2D eigenvalue weighted by molar-refractivity contribution is -0.141. The molecule has 0 saturated heterocycles. The standard InChI is InChI=1S/C19H17ClN2O5S2/c1-27-18(24)10-22-15-8-7-14(20)9-16(15)28-19(22)21-17(23)12-29(25,26)11-13-5-3-2-4-6-13/h2-9H,10-12H2,1H3. The van der Waals surface area contributed by atoms with E-state index < -0.39 is 27.5 Å². The van der Waals surface area contributed by atoms with Crippen molar-refractivity contribution in [2.75, 3.05) is 12.9 Å². The number of nitrogens with zero attached hydrogens (tertiary/aromatic N) is 2. The van der Waals surface area contributed by atoms with Crippen molar-refractivity contribution >= 4 is 54.9 Å². The van der Waals surface area contributed by atoms with Gasteiger partial charge < -0.3 is 9.30 Å². The molecule has 0 fully saturated rings. The molecule has 0 bridgehead atoms. The molecular weight excluding hydrogens is 436 g/mol. The number of hydrogen-bond acceptors (Lipinski definition) is 6. The van der Waals surface area contributed by atoms with Gasteiger partial charge in [-0.25, -0.2) is 8.42 Å². The van der Waals surface area contributed by atoms with Gasteiger partial charge in [0.25, 0.3) is 5.91 Å². The summed E-state index contributed by atoms with van der Waals surface area (Å²) in [5.41, 5.74) is 1.24. The molecule has 0 aliphatic heterocycles. The average molecular weight is 453 g/mol. The number of carbonyl (C=O) groups is 2. The fourth-order valence-electron chi connectivity index (χ4n) is 2.69. The number of esters is 1. The van der Waals surface area contributed by atoms with Crippen molar-refractivity contribution in [3.63, 3.8) is 0 Å². The van der Waals surface area contributed by atoms with Gasteiger partial charge in [-0.1, -0.05) is 53.3 Å². The predicted octanol–water partition coefficient (Wildman–Crippen LogP) is 2.57. The third-order valence-corrected chi connectivity index (χ3v) is 6.69. The zero-order valence-corrected chi connectivity index (χ0v) is 17.8. The van der Waals surface area contributed by atoms with Gasteiger partial charge >= 0.3 is 5.97 Å². The van der Waals surface area contributed by atoms with E-state index in [1.165, 1.54) is 11.7 Å². The maximum absolute atomic E-state index is 12.4. The van der Waals surface area contributed by atoms with Gasteiger partial charge in [0.1, 0.15) is 12.3 Å². The maximum atomic E-state index is 12.4. The maximum Gasteiger partial charge on any atom is 0.325 e. The summed E-state index contributed by atoms with van der Waals surface area (Å²) in [6.07, 6.45) is 0. The van der Waals surface area contributed by atoms with Crippen molar-refractivity contribution in [1.29, 1.82) is 0 Å². The van der Waals surface area contributed by atoms with Gasteiger partial charge in [-0.15, -0.1) is 0 Å². The van der Waals surface area contributed by atoms with Gasteiger partial charge in [-0.05, 0) is 23.8 Å². The van der Waals surface area contributed by atoms with Crippen molar-refractivity contribution in [3.05, 3.63) is 63.9 Å². The Morgan fingerprint density at radius 3 is 2.59 bits per heavy atom. The van der Waals surface area contributed by atoms with Gasteiger partial charge in [0, 0.05) is 5.02 Å². The summed E-state index contributed by atoms with van der Waals surface area (Å²) in [5.74, 6) is -2.31. The number of halogens is 1. The van der Waals surface area contributed by atoms with E-state index in [4.69, 9.17) is 16.3 Å². The van der Waals surface area contributed by atoms with Crippen LogP contribution in [0, 0.1) is 0 Å². The van der Waals surface area contributed by atoms with Crippen LogP contribution in [0.3, 0.4) is 0 Å². The monoisotopic (exact) mass is 452 g/mol. The van der Waals surface area contributed by atoms with E-state index in [0.717, 1.165) is 11.3 Å². The van der Waals surface area contributed by atoms with E-state index in [1.807, 2.05) is 0 Å². The van der Waals surface area contributed by atoms with Crippen LogP contribution in [0.15, 0.2) is 53.5 Å². The second kappa shape index (κ2) is 8.89. The van der Waals surface area contributed by atoms with Crippen molar-refractivity contribution in [1.82, 2.24) is 4.57 Å². The average Bonchev–Trinajstić information content (AvgIpc) is 2.97. The molecule has 2 aromatic carbocycles. The predicted molar refractivity (Wildman–Crippen MR) is 111 cm³/mol. The first kappa shape index (κ1) is 21.2. The second-order valence-electron chi connectivity index (χ2n) is 6.18. The number of rotatable bonds is 6. The molecule has 10 heteroatoms. The van der Waals surface area contributed by atoms with Crippen molar-refractivity contribution in [2.45, 2.75) is 12.3 Å². The van der Waals surface area contributed by atoms with Gasteiger partial charge in [-0.2, -0.15) is 4.99 Å². The van der Waals surface area contributed by atoms with E-state index in [0.29, 0.717) is 20.8 Å². The Balaban J connectivity index is 1.93. The number of amides is 1. The van der Waals surface area contributed by atoms with Gasteiger partial charge in [-0.3, -0.25) is 9.59 Å². The van der Waals surface area contributed by atoms with Crippen LogP contribution in [0.4, 0.5) is 0 Å². The molecule has 7 nitrogen and oxygen atoms in total. The fraction of sp³-hybridized carbons (Fsp3) is 0.211. The lowest BCUT2D eigenvalue weighted by Crippen LogP contribution is -2.24. The van der Waals surface area contributed by atoms with Crippen LogP contribution in [0.25, 0.3) is 10.2 Å². The third-order valence-electron chi connectivity index (χ3n) is 3.95. The van der Waals surface area contributed by atoms with Crippen LogP contribution in [0.1, 0.15) is 5.56 Å². The van der Waals surface area contributed by atoms with Crippen molar-refractivity contribution in [2.24, 2.45) is 4.99 Å². The van der Waals surface area contributed by atoms with E-state index in [1.54, 1.807) is 48.5 Å². The van der Waals surface area contributed by atoms with Crippen LogP contribution < -0.4 is 4.80 Å². The molecule has 0 spiro atoms. The van der Waals surface area contributed by atoms with Gasteiger partial charge in [0.05, 0.1) is 23.1 Å². The molecular formula is C19H17ClN2O5S2. The first-order chi connectivity index (χ1) is 13.8. The molecule has 1 aromatic heterocycles. The summed E-state index contributed by atoms with van der Waals surface area (Å²) >= 11 is 7.15. The molecule has 3 aromatic rings. The van der Waals surface area contributed by atoms with Crippen molar-refractivity contribution < 1.29 is 22.7 Å². The topological polar surface area (TPSA) is 94.8 Å². The van der Waals surface area contributed by atoms with Crippen LogP contribution in [-0.2, 0) is 36.5 Å². The number of fused-ring (bicyclic) bond motifs is 1. The highest BCUT2D eigenvalue weighted by Crippen LogP contribution is 2.22. The van der Waals surface area contributed by atoms with E-state index in [-0.39, 0.29) is 17.1 Å². The molecule has 3 rings (SSSR count). The number of benzene rings is 2. The minimum atomic E-state index is -3.69. The molecule has 0 unspecified atom stereocenters. The van der Waals surface area contributed by atoms with Crippen LogP contribution in [-0.4, -0.2) is 37.7 Å². The molecule has 0 N–H and O–H groups in total. The van der Waals surface area contributed by atoms with Gasteiger partial charge in [0.15, 0.2) is 14.6 Å². The number of methoxy groups -OCH3 is 1. The highest BCUT2D eigenvalue weighted by atomic mass is 35.5. The Hall–Kier alpha value is -2.49. The van der Waals surface area contributed by atoms with Crippen LogP contribution in [0.5, 0.6) is 0 Å². The lowest BCUT2D eigenvalue weighted by atomic mass is 10.2. The quantitative estimate of drug-likeness (QED) is 0.536. The highest BCUT2D eigenvalue weighted by molar-refractivity contribution is 7.91. The Labute approximate surface area is 176 Å². The molecule has 152 valence electrons. The lowest BCUT2D eigenvalue weighted by Gasteiger charge is -2.04. The largest absolute Gasteiger partial charge is 0.468 e. The van der Waals surface area contributed by atoms with E-state index >= 15 is 0 Å². The van der Waals surface area contributed by atoms with E-state index in [9.17, 15) is 18.0 Å². The summed E-state index contributed by atoms with van der Waals surface area (Å²) in [7, 11) is -2.44. The first-order valence-corrected chi connectivity index (χ1v) is 11.5. The zero-order valence-electron chi connectivity index (χ0n) is 15.4. The molecule has 0 saturated carbocycles. The number of carbonyl (C=O) groups excluding carboxylic acids is 2. The van der Waals surface area contributed by atoms with Crippen LogP contribution >= 0.6 is 22.9 Å². The molecule has 0 radical (unpaired) electrons. The Kier molecular flexibility index (Phi) is 6.51. The van der Waals surface area contributed by atoms with Crippen LogP contribution in [0.2, 0.25) is 5.02 Å². The zero-order chi connectivity index (χ0) is 21.0. The smallest absolute Gasteiger partial charge is 0.325 e. The Bertz CT molecular complexity index is 1230. The molecule has 29 heavy (non-hydrogen) atoms. The number of sulfone groups is 1. The summed E-state index contributed by atoms with van der Waals surface area (Å²) < 4.78 is 31.6. The molecule has 0 aliphatic carbocycles. The first-order valence-electron chi connectivity index (χ1n) is 8.45. The Morgan fingerprint density at radius 2 is 1.90 bits per heavy atom. The second-order valence-corrected chi connectivity index (χ2v) is 9.69. The normalized spacial score (nSPS) is 12.3. The number of thiazole rings is 1. The summed E-state index contributed by atoms with van der Waals surface area (Å²) in [4.78, 5) is 28.3. The molecule has 0 atom stereocenters. The Morgan fingerprint density at radius 1 is 1.17 bits per heavy atom. The molecule has 0 aliphatic rings. The molecule has 1 heterocycles. The van der Waals surface area contributed by atoms with E-state index in [2.05, 4.69) is 4.99 Å². The summed E-state index contributed by atoms with van der Waals surface area (Å²) in [6.45, 7) is -0.166. The number of ether oxygens (including phenoxy) is 1. The number of aromatic nitrogens is 1. The minimum Gasteiger partial charge on any atom is -0.468 e. The van der Waals surface area contributed by atoms with Gasteiger partial charge in [0.2, 0.25) is 0 Å². The molecule has 1 amide bonds. The minimum absolute atomic E-state index is 0.166. The van der Waals surface area contributed by atoms with Crippen molar-refractivity contribution in [3.8, 4) is 0 Å². The third kappa shape index (κ3) is 5.53. The summed E-state index contributed by atoms with van der Waals surface area (Å²) in [5, 5.41) is 0.493. The highest BCUT2D eigenvalue weighted by Gasteiger charge is 2.18. The summed E-state index contributed by atoms with van der Waals surface area (Å²) in [6, 6.07) is 13.6. The fourth-order valence-corrected chi connectivity index (χ4v) is 5.25. The number of hydrogen-bond donors (Lipinski definition) is 0. The SMILES string of the molecule is COC(=O)Cn1c(=NC(=O)CS(=O)(=O)Cc2ccccc2)sc2cc(Cl)ccc21.